The van der Waals surface area contributed by atoms with E-state index >= 15 is 0 Å². The van der Waals surface area contributed by atoms with Gasteiger partial charge in [0.25, 0.3) is 0 Å². The molecular formula is C12H24N2O4S. The van der Waals surface area contributed by atoms with Gasteiger partial charge in [-0.15, -0.1) is 0 Å². The number of amides is 1. The van der Waals surface area contributed by atoms with Crippen molar-refractivity contribution in [2.45, 2.75) is 33.3 Å². The van der Waals surface area contributed by atoms with E-state index in [1.807, 2.05) is 6.92 Å². The van der Waals surface area contributed by atoms with Gasteiger partial charge in [0, 0.05) is 20.1 Å². The van der Waals surface area contributed by atoms with Crippen LogP contribution in [0.3, 0.4) is 0 Å². The molecule has 1 unspecified atom stereocenters. The van der Waals surface area contributed by atoms with Crippen molar-refractivity contribution in [1.82, 2.24) is 10.0 Å². The van der Waals surface area contributed by atoms with Gasteiger partial charge in [-0.05, 0) is 19.3 Å². The largest absolute Gasteiger partial charge is 0.445 e. The van der Waals surface area contributed by atoms with Gasteiger partial charge in [-0.2, -0.15) is 0 Å². The van der Waals surface area contributed by atoms with Crippen LogP contribution in [-0.2, 0) is 14.6 Å². The van der Waals surface area contributed by atoms with Gasteiger partial charge in [0.1, 0.15) is 6.10 Å². The molecule has 6 nitrogen and oxygen atoms in total. The first-order chi connectivity index (χ1) is 8.71. The standard InChI is InChI=1S/C12H24N2O4S/c1-10(2)9-11(3)18-12(15)13(4)14-5-7-19(16,17)8-6-14/h10-11H,5-9H2,1-4H3. The van der Waals surface area contributed by atoms with E-state index in [1.54, 1.807) is 12.1 Å². The van der Waals surface area contributed by atoms with Crippen LogP contribution < -0.4 is 0 Å². The van der Waals surface area contributed by atoms with E-state index in [0.717, 1.165) is 6.42 Å². The quantitative estimate of drug-likeness (QED) is 0.777. The monoisotopic (exact) mass is 292 g/mol. The van der Waals surface area contributed by atoms with E-state index in [4.69, 9.17) is 4.74 Å². The number of nitrogens with zero attached hydrogens (tertiary/aromatic N) is 2. The number of hydrogen-bond donors (Lipinski definition) is 0. The van der Waals surface area contributed by atoms with Gasteiger partial charge < -0.3 is 4.74 Å². The van der Waals surface area contributed by atoms with Crippen LogP contribution in [0.1, 0.15) is 27.2 Å². The van der Waals surface area contributed by atoms with E-state index in [2.05, 4.69) is 13.8 Å². The Balaban J connectivity index is 2.45. The van der Waals surface area contributed by atoms with Crippen LogP contribution in [0.25, 0.3) is 0 Å². The molecule has 7 heteroatoms. The van der Waals surface area contributed by atoms with Crippen molar-refractivity contribution in [2.24, 2.45) is 5.92 Å². The number of sulfone groups is 1. The van der Waals surface area contributed by atoms with Gasteiger partial charge >= 0.3 is 6.09 Å². The van der Waals surface area contributed by atoms with Crippen LogP contribution in [0, 0.1) is 5.92 Å². The van der Waals surface area contributed by atoms with E-state index in [0.29, 0.717) is 19.0 Å². The Morgan fingerprint density at radius 3 is 2.26 bits per heavy atom. The van der Waals surface area contributed by atoms with Gasteiger partial charge in [0.15, 0.2) is 9.84 Å². The fourth-order valence-corrected chi connectivity index (χ4v) is 3.26. The van der Waals surface area contributed by atoms with Crippen LogP contribution in [0.15, 0.2) is 0 Å². The van der Waals surface area contributed by atoms with Gasteiger partial charge in [-0.25, -0.2) is 23.2 Å². The molecule has 1 saturated heterocycles. The maximum Gasteiger partial charge on any atom is 0.424 e. The molecule has 112 valence electrons. The molecule has 19 heavy (non-hydrogen) atoms. The first-order valence-electron chi connectivity index (χ1n) is 6.61. The van der Waals surface area contributed by atoms with Crippen molar-refractivity contribution in [3.8, 4) is 0 Å². The van der Waals surface area contributed by atoms with Crippen molar-refractivity contribution in [3.63, 3.8) is 0 Å². The molecule has 0 aliphatic carbocycles. The highest BCUT2D eigenvalue weighted by molar-refractivity contribution is 7.91. The van der Waals surface area contributed by atoms with E-state index in [9.17, 15) is 13.2 Å². The molecule has 1 aliphatic rings. The molecule has 0 bridgehead atoms. The highest BCUT2D eigenvalue weighted by Gasteiger charge is 2.27. The molecule has 0 saturated carbocycles. The van der Waals surface area contributed by atoms with Crippen LogP contribution >= 0.6 is 0 Å². The summed E-state index contributed by atoms with van der Waals surface area (Å²) in [5, 5.41) is 3.09. The fraction of sp³-hybridized carbons (Fsp3) is 0.917. The van der Waals surface area contributed by atoms with Crippen molar-refractivity contribution in [1.29, 1.82) is 0 Å². The smallest absolute Gasteiger partial charge is 0.424 e. The third kappa shape index (κ3) is 5.36. The third-order valence-corrected chi connectivity index (χ3v) is 4.72. The minimum Gasteiger partial charge on any atom is -0.445 e. The van der Waals surface area contributed by atoms with Crippen LogP contribution in [0.5, 0.6) is 0 Å². The fourth-order valence-electron chi connectivity index (χ4n) is 2.08. The summed E-state index contributed by atoms with van der Waals surface area (Å²) in [5.41, 5.74) is 0. The average Bonchev–Trinajstić information content (AvgIpc) is 2.26. The lowest BCUT2D eigenvalue weighted by molar-refractivity contribution is -0.0154. The first-order valence-corrected chi connectivity index (χ1v) is 8.43. The molecule has 0 spiro atoms. The Morgan fingerprint density at radius 1 is 1.26 bits per heavy atom. The summed E-state index contributed by atoms with van der Waals surface area (Å²) < 4.78 is 28.0. The van der Waals surface area contributed by atoms with E-state index in [-0.39, 0.29) is 17.6 Å². The zero-order valence-electron chi connectivity index (χ0n) is 12.1. The SMILES string of the molecule is CC(C)CC(C)OC(=O)N(C)N1CCS(=O)(=O)CC1. The summed E-state index contributed by atoms with van der Waals surface area (Å²) in [4.78, 5) is 11.9. The first kappa shape index (κ1) is 16.2. The Bertz CT molecular complexity index is 394. The van der Waals surface area contributed by atoms with Crippen molar-refractivity contribution < 1.29 is 17.9 Å². The lowest BCUT2D eigenvalue weighted by Gasteiger charge is -2.34. The second-order valence-electron chi connectivity index (χ2n) is 5.45. The Kier molecular flexibility index (Phi) is 5.61. The predicted molar refractivity (Wildman–Crippen MR) is 73.4 cm³/mol. The summed E-state index contributed by atoms with van der Waals surface area (Å²) in [5.74, 6) is 0.645. The molecule has 0 aromatic carbocycles. The number of ether oxygens (including phenoxy) is 1. The van der Waals surface area contributed by atoms with Crippen LogP contribution in [0.4, 0.5) is 4.79 Å². The number of hydrogen-bond acceptors (Lipinski definition) is 5. The average molecular weight is 292 g/mol. The normalized spacial score (nSPS) is 21.1. The molecule has 1 atom stereocenters. The summed E-state index contributed by atoms with van der Waals surface area (Å²) in [6, 6.07) is 0. The van der Waals surface area contributed by atoms with Gasteiger partial charge in [-0.3, -0.25) is 0 Å². The number of carbonyl (C=O) groups excluding carboxylic acids is 1. The Hall–Kier alpha value is -0.820. The molecule has 1 amide bonds. The van der Waals surface area contributed by atoms with Gasteiger partial charge in [0.05, 0.1) is 11.5 Å². The minimum absolute atomic E-state index is 0.0895. The molecule has 0 aromatic heterocycles. The summed E-state index contributed by atoms with van der Waals surface area (Å²) in [7, 11) is -1.32. The molecule has 1 fully saturated rings. The lowest BCUT2D eigenvalue weighted by atomic mass is 10.1. The van der Waals surface area contributed by atoms with Crippen LogP contribution in [0.2, 0.25) is 0 Å². The summed E-state index contributed by atoms with van der Waals surface area (Å²) in [6.07, 6.45) is 0.254. The van der Waals surface area contributed by atoms with E-state index < -0.39 is 15.9 Å². The zero-order chi connectivity index (χ0) is 14.6. The minimum atomic E-state index is -2.93. The zero-order valence-corrected chi connectivity index (χ0v) is 12.9. The molecule has 1 rings (SSSR count). The number of rotatable bonds is 4. The molecule has 0 N–H and O–H groups in total. The number of hydrazine groups is 1. The van der Waals surface area contributed by atoms with Crippen molar-refractivity contribution in [3.05, 3.63) is 0 Å². The topological polar surface area (TPSA) is 66.9 Å². The Morgan fingerprint density at radius 2 is 1.79 bits per heavy atom. The van der Waals surface area contributed by atoms with Crippen molar-refractivity contribution in [2.75, 3.05) is 31.6 Å². The second-order valence-corrected chi connectivity index (χ2v) is 7.76. The molecule has 1 aliphatic heterocycles. The van der Waals surface area contributed by atoms with E-state index in [1.165, 1.54) is 5.01 Å². The molecule has 0 radical (unpaired) electrons. The predicted octanol–water partition coefficient (Wildman–Crippen LogP) is 1.13. The molecule has 1 heterocycles. The third-order valence-electron chi connectivity index (χ3n) is 3.11. The maximum absolute atomic E-state index is 11.9. The van der Waals surface area contributed by atoms with Crippen LogP contribution in [-0.4, -0.2) is 62.3 Å². The van der Waals surface area contributed by atoms with Gasteiger partial charge in [0.2, 0.25) is 0 Å². The van der Waals surface area contributed by atoms with Gasteiger partial charge in [-0.1, -0.05) is 13.8 Å². The highest BCUT2D eigenvalue weighted by Crippen LogP contribution is 2.11. The summed E-state index contributed by atoms with van der Waals surface area (Å²) in [6.45, 7) is 6.69. The number of carbonyl (C=O) groups is 1. The van der Waals surface area contributed by atoms with Crippen molar-refractivity contribution >= 4 is 15.9 Å². The highest BCUT2D eigenvalue weighted by atomic mass is 32.2. The lowest BCUT2D eigenvalue weighted by Crippen LogP contribution is -2.51. The maximum atomic E-state index is 11.9. The molecular weight excluding hydrogens is 268 g/mol. The molecule has 0 aromatic rings. The Labute approximate surface area is 115 Å². The summed E-state index contributed by atoms with van der Waals surface area (Å²) >= 11 is 0. The second kappa shape index (κ2) is 6.56.